The molecule has 2 rings (SSSR count). The van der Waals surface area contributed by atoms with E-state index in [0.717, 1.165) is 25.7 Å². The molecule has 1 aromatic carbocycles. The minimum atomic E-state index is -0.497. The van der Waals surface area contributed by atoms with E-state index in [0.29, 0.717) is 29.8 Å². The standard InChI is InChI=1S/C14H19N3O3.ClH/c15-8-4-2-1-3-5-13(18)16-10-6-7-12-11(9-10)17-14(19)20-12;/h6-7,9H,1-5,8,15H2,(H,16,18)(H,17,19);1H. The van der Waals surface area contributed by atoms with Crippen molar-refractivity contribution in [1.82, 2.24) is 4.98 Å². The van der Waals surface area contributed by atoms with Crippen LogP contribution in [0.2, 0.25) is 0 Å². The van der Waals surface area contributed by atoms with E-state index in [1.54, 1.807) is 18.2 Å². The predicted molar refractivity (Wildman–Crippen MR) is 84.9 cm³/mol. The molecule has 0 aliphatic heterocycles. The van der Waals surface area contributed by atoms with E-state index in [1.165, 1.54) is 0 Å². The van der Waals surface area contributed by atoms with E-state index >= 15 is 0 Å². The van der Waals surface area contributed by atoms with E-state index < -0.39 is 5.76 Å². The number of hydrogen-bond donors (Lipinski definition) is 3. The first kappa shape index (κ1) is 17.3. The van der Waals surface area contributed by atoms with Gasteiger partial charge in [-0.1, -0.05) is 12.8 Å². The molecule has 1 heterocycles. The van der Waals surface area contributed by atoms with Crippen LogP contribution in [0.4, 0.5) is 5.69 Å². The first-order valence-electron chi connectivity index (χ1n) is 6.82. The molecule has 6 nitrogen and oxygen atoms in total. The summed E-state index contributed by atoms with van der Waals surface area (Å²) in [7, 11) is 0. The Morgan fingerprint density at radius 2 is 2.00 bits per heavy atom. The van der Waals surface area contributed by atoms with Crippen molar-refractivity contribution in [3.05, 3.63) is 28.7 Å². The molecule has 0 bridgehead atoms. The molecule has 0 radical (unpaired) electrons. The van der Waals surface area contributed by atoms with Crippen molar-refractivity contribution >= 4 is 35.1 Å². The number of fused-ring (bicyclic) bond motifs is 1. The van der Waals surface area contributed by atoms with E-state index in [1.807, 2.05) is 0 Å². The Kier molecular flexibility index (Phi) is 6.98. The van der Waals surface area contributed by atoms with Crippen LogP contribution in [0.25, 0.3) is 11.1 Å². The molecule has 0 atom stereocenters. The number of aromatic nitrogens is 1. The quantitative estimate of drug-likeness (QED) is 0.683. The smallest absolute Gasteiger partial charge is 0.408 e. The molecule has 2 aromatic rings. The van der Waals surface area contributed by atoms with Crippen LogP contribution in [0.15, 0.2) is 27.4 Å². The Morgan fingerprint density at radius 1 is 1.24 bits per heavy atom. The summed E-state index contributed by atoms with van der Waals surface area (Å²) in [4.78, 5) is 25.3. The van der Waals surface area contributed by atoms with Crippen LogP contribution in [0.3, 0.4) is 0 Å². The maximum Gasteiger partial charge on any atom is 0.417 e. The minimum Gasteiger partial charge on any atom is -0.408 e. The highest BCUT2D eigenvalue weighted by molar-refractivity contribution is 5.92. The van der Waals surface area contributed by atoms with E-state index in [9.17, 15) is 9.59 Å². The number of halogens is 1. The maximum absolute atomic E-state index is 11.8. The predicted octanol–water partition coefficient (Wildman–Crippen LogP) is 2.39. The normalized spacial score (nSPS) is 10.3. The summed E-state index contributed by atoms with van der Waals surface area (Å²) in [6.45, 7) is 0.703. The van der Waals surface area contributed by atoms with Gasteiger partial charge in [0, 0.05) is 12.1 Å². The van der Waals surface area contributed by atoms with Gasteiger partial charge in [-0.25, -0.2) is 4.79 Å². The van der Waals surface area contributed by atoms with Gasteiger partial charge in [0.1, 0.15) is 0 Å². The van der Waals surface area contributed by atoms with Crippen LogP contribution < -0.4 is 16.8 Å². The zero-order chi connectivity index (χ0) is 14.4. The van der Waals surface area contributed by atoms with Gasteiger partial charge < -0.3 is 15.5 Å². The third-order valence-corrected chi connectivity index (χ3v) is 3.06. The number of amides is 1. The second kappa shape index (κ2) is 8.49. The van der Waals surface area contributed by atoms with Crippen molar-refractivity contribution < 1.29 is 9.21 Å². The van der Waals surface area contributed by atoms with Crippen molar-refractivity contribution in [2.75, 3.05) is 11.9 Å². The van der Waals surface area contributed by atoms with Crippen LogP contribution in [0.5, 0.6) is 0 Å². The van der Waals surface area contributed by atoms with Gasteiger partial charge in [0.05, 0.1) is 5.52 Å². The lowest BCUT2D eigenvalue weighted by molar-refractivity contribution is -0.116. The van der Waals surface area contributed by atoms with Crippen molar-refractivity contribution in [2.24, 2.45) is 5.73 Å². The summed E-state index contributed by atoms with van der Waals surface area (Å²) >= 11 is 0. The number of rotatable bonds is 7. The number of anilines is 1. The van der Waals surface area contributed by atoms with Crippen LogP contribution in [0.1, 0.15) is 32.1 Å². The summed E-state index contributed by atoms with van der Waals surface area (Å²) in [5.74, 6) is -0.522. The number of aromatic amines is 1. The Bertz CT molecular complexity index is 636. The van der Waals surface area contributed by atoms with Gasteiger partial charge in [0.2, 0.25) is 5.91 Å². The van der Waals surface area contributed by atoms with Gasteiger partial charge in [-0.2, -0.15) is 0 Å². The highest BCUT2D eigenvalue weighted by atomic mass is 35.5. The zero-order valence-electron chi connectivity index (χ0n) is 11.7. The topological polar surface area (TPSA) is 101 Å². The fourth-order valence-corrected chi connectivity index (χ4v) is 2.04. The van der Waals surface area contributed by atoms with Gasteiger partial charge in [-0.15, -0.1) is 12.4 Å². The molecule has 0 unspecified atom stereocenters. The molecule has 0 saturated heterocycles. The van der Waals surface area contributed by atoms with Crippen molar-refractivity contribution in [3.8, 4) is 0 Å². The molecule has 0 aliphatic rings. The highest BCUT2D eigenvalue weighted by Crippen LogP contribution is 2.16. The summed E-state index contributed by atoms with van der Waals surface area (Å²) in [6.07, 6.45) is 4.43. The third-order valence-electron chi connectivity index (χ3n) is 3.06. The number of H-pyrrole nitrogens is 1. The average molecular weight is 314 g/mol. The molecular weight excluding hydrogens is 294 g/mol. The largest absolute Gasteiger partial charge is 0.417 e. The molecular formula is C14H20ClN3O3. The molecule has 0 saturated carbocycles. The maximum atomic E-state index is 11.8. The molecule has 7 heteroatoms. The van der Waals surface area contributed by atoms with Crippen LogP contribution in [-0.4, -0.2) is 17.4 Å². The van der Waals surface area contributed by atoms with Crippen LogP contribution >= 0.6 is 12.4 Å². The number of benzene rings is 1. The summed E-state index contributed by atoms with van der Waals surface area (Å²) in [5, 5.41) is 2.81. The fraction of sp³-hybridized carbons (Fsp3) is 0.429. The number of carbonyl (C=O) groups excluding carboxylic acids is 1. The molecule has 1 aromatic heterocycles. The summed E-state index contributed by atoms with van der Waals surface area (Å²) < 4.78 is 4.90. The number of nitrogens with two attached hydrogens (primary N) is 1. The molecule has 4 N–H and O–H groups in total. The SMILES string of the molecule is Cl.NCCCCCCC(=O)Nc1ccc2oc(=O)[nH]c2c1. The molecule has 0 aliphatic carbocycles. The lowest BCUT2D eigenvalue weighted by Gasteiger charge is -2.05. The Balaban J connectivity index is 0.00000220. The Labute approximate surface area is 128 Å². The molecule has 21 heavy (non-hydrogen) atoms. The van der Waals surface area contributed by atoms with Gasteiger partial charge in [0.15, 0.2) is 5.58 Å². The number of unbranched alkanes of at least 4 members (excludes halogenated alkanes) is 3. The second-order valence-electron chi connectivity index (χ2n) is 4.73. The fourth-order valence-electron chi connectivity index (χ4n) is 2.04. The van der Waals surface area contributed by atoms with Gasteiger partial charge in [0.25, 0.3) is 0 Å². The third kappa shape index (κ3) is 5.24. The first-order valence-corrected chi connectivity index (χ1v) is 6.82. The number of hydrogen-bond acceptors (Lipinski definition) is 4. The number of oxazole rings is 1. The van der Waals surface area contributed by atoms with Crippen molar-refractivity contribution in [1.29, 1.82) is 0 Å². The Hall–Kier alpha value is -1.79. The number of nitrogens with one attached hydrogen (secondary N) is 2. The Morgan fingerprint density at radius 3 is 2.76 bits per heavy atom. The van der Waals surface area contributed by atoms with Crippen LogP contribution in [-0.2, 0) is 4.79 Å². The monoisotopic (exact) mass is 313 g/mol. The van der Waals surface area contributed by atoms with Gasteiger partial charge >= 0.3 is 5.76 Å². The lowest BCUT2D eigenvalue weighted by atomic mass is 10.1. The second-order valence-corrected chi connectivity index (χ2v) is 4.73. The average Bonchev–Trinajstić information content (AvgIpc) is 2.78. The lowest BCUT2D eigenvalue weighted by Crippen LogP contribution is -2.11. The molecule has 0 spiro atoms. The highest BCUT2D eigenvalue weighted by Gasteiger charge is 2.05. The van der Waals surface area contributed by atoms with E-state index in [-0.39, 0.29) is 18.3 Å². The minimum absolute atomic E-state index is 0. The summed E-state index contributed by atoms with van der Waals surface area (Å²) in [6, 6.07) is 5.06. The van der Waals surface area contributed by atoms with E-state index in [4.69, 9.17) is 10.2 Å². The van der Waals surface area contributed by atoms with E-state index in [2.05, 4.69) is 10.3 Å². The van der Waals surface area contributed by atoms with Gasteiger partial charge in [-0.3, -0.25) is 9.78 Å². The van der Waals surface area contributed by atoms with Gasteiger partial charge in [-0.05, 0) is 37.6 Å². The van der Waals surface area contributed by atoms with Crippen molar-refractivity contribution in [2.45, 2.75) is 32.1 Å². The van der Waals surface area contributed by atoms with Crippen LogP contribution in [0, 0.1) is 0 Å². The zero-order valence-corrected chi connectivity index (χ0v) is 12.5. The molecule has 0 fully saturated rings. The summed E-state index contributed by atoms with van der Waals surface area (Å²) in [5.41, 5.74) is 7.12. The number of carbonyl (C=O) groups is 1. The molecule has 1 amide bonds. The first-order chi connectivity index (χ1) is 9.69. The van der Waals surface area contributed by atoms with Crippen molar-refractivity contribution in [3.63, 3.8) is 0 Å². The molecule has 116 valence electrons.